The molecular formula is C18H16F4O3. The van der Waals surface area contributed by atoms with Gasteiger partial charge in [-0.3, -0.25) is 4.74 Å². The van der Waals surface area contributed by atoms with Gasteiger partial charge >= 0.3 is 12.3 Å². The summed E-state index contributed by atoms with van der Waals surface area (Å²) in [5, 5.41) is 0. The number of alkyl halides is 3. The number of ether oxygens (including phenoxy) is 2. The van der Waals surface area contributed by atoms with Crippen LogP contribution in [0.3, 0.4) is 0 Å². The minimum Gasteiger partial charge on any atom is -0.423 e. The summed E-state index contributed by atoms with van der Waals surface area (Å²) < 4.78 is 59.5. The van der Waals surface area contributed by atoms with Crippen LogP contribution in [0.2, 0.25) is 0 Å². The molecule has 0 aliphatic carbocycles. The number of aryl methyl sites for hydroxylation is 1. The Balaban J connectivity index is 2.11. The fraction of sp³-hybridized carbons (Fsp3) is 0.278. The second kappa shape index (κ2) is 7.65. The second-order valence-corrected chi connectivity index (χ2v) is 5.33. The van der Waals surface area contributed by atoms with E-state index in [2.05, 4.69) is 4.74 Å². The number of halogens is 4. The monoisotopic (exact) mass is 356 g/mol. The summed E-state index contributed by atoms with van der Waals surface area (Å²) in [7, 11) is 0. The van der Waals surface area contributed by atoms with E-state index in [4.69, 9.17) is 4.74 Å². The average molecular weight is 356 g/mol. The molecule has 1 unspecified atom stereocenters. The van der Waals surface area contributed by atoms with Crippen LogP contribution < -0.4 is 4.74 Å². The van der Waals surface area contributed by atoms with E-state index < -0.39 is 24.3 Å². The van der Waals surface area contributed by atoms with Gasteiger partial charge in [0.05, 0.1) is 11.7 Å². The SMILES string of the molecule is CCc1ccc(OC(=O)c2ccc(C(C)OC(F)(F)F)c(F)c2)cc1. The van der Waals surface area contributed by atoms with Crippen LogP contribution in [0.25, 0.3) is 0 Å². The van der Waals surface area contributed by atoms with Crippen molar-refractivity contribution < 1.29 is 31.8 Å². The minimum absolute atomic E-state index is 0.111. The number of carbonyl (C=O) groups is 1. The first-order valence-corrected chi connectivity index (χ1v) is 7.54. The third kappa shape index (κ3) is 5.29. The molecule has 0 amide bonds. The fourth-order valence-corrected chi connectivity index (χ4v) is 2.21. The molecule has 0 N–H and O–H groups in total. The smallest absolute Gasteiger partial charge is 0.423 e. The van der Waals surface area contributed by atoms with Gasteiger partial charge in [0.1, 0.15) is 11.6 Å². The number of hydrogen-bond acceptors (Lipinski definition) is 3. The largest absolute Gasteiger partial charge is 0.523 e. The Hall–Kier alpha value is -2.41. The van der Waals surface area contributed by atoms with Crippen molar-refractivity contribution in [1.29, 1.82) is 0 Å². The van der Waals surface area contributed by atoms with Crippen LogP contribution in [0.15, 0.2) is 42.5 Å². The third-order valence-corrected chi connectivity index (χ3v) is 3.53. The van der Waals surface area contributed by atoms with E-state index in [-0.39, 0.29) is 11.1 Å². The highest BCUT2D eigenvalue weighted by atomic mass is 19.4. The van der Waals surface area contributed by atoms with Gasteiger partial charge in [0.15, 0.2) is 0 Å². The number of hydrogen-bond donors (Lipinski definition) is 0. The first-order valence-electron chi connectivity index (χ1n) is 7.54. The molecule has 2 aromatic carbocycles. The van der Waals surface area contributed by atoms with E-state index in [0.717, 1.165) is 31.0 Å². The molecule has 0 radical (unpaired) electrons. The lowest BCUT2D eigenvalue weighted by molar-refractivity contribution is -0.342. The van der Waals surface area contributed by atoms with Gasteiger partial charge in [-0.25, -0.2) is 9.18 Å². The Morgan fingerprint density at radius 1 is 1.12 bits per heavy atom. The molecule has 0 spiro atoms. The lowest BCUT2D eigenvalue weighted by Crippen LogP contribution is -2.17. The average Bonchev–Trinajstić information content (AvgIpc) is 2.53. The molecule has 0 aliphatic heterocycles. The summed E-state index contributed by atoms with van der Waals surface area (Å²) in [5.41, 5.74) is 0.648. The molecule has 3 nitrogen and oxygen atoms in total. The number of carbonyl (C=O) groups excluding carboxylic acids is 1. The summed E-state index contributed by atoms with van der Waals surface area (Å²) in [6.07, 6.45) is -5.58. The van der Waals surface area contributed by atoms with Crippen molar-refractivity contribution in [1.82, 2.24) is 0 Å². The molecule has 0 aliphatic rings. The molecule has 1 atom stereocenters. The van der Waals surface area contributed by atoms with Gasteiger partial charge in [-0.05, 0) is 43.2 Å². The maximum Gasteiger partial charge on any atom is 0.523 e. The van der Waals surface area contributed by atoms with Crippen molar-refractivity contribution in [2.24, 2.45) is 0 Å². The van der Waals surface area contributed by atoms with Crippen LogP contribution in [0.4, 0.5) is 17.6 Å². The van der Waals surface area contributed by atoms with Crippen molar-refractivity contribution in [3.63, 3.8) is 0 Å². The van der Waals surface area contributed by atoms with Gasteiger partial charge in [-0.15, -0.1) is 13.2 Å². The van der Waals surface area contributed by atoms with Gasteiger partial charge < -0.3 is 4.74 Å². The van der Waals surface area contributed by atoms with Gasteiger partial charge in [0.2, 0.25) is 0 Å². The normalized spacial score (nSPS) is 12.7. The van der Waals surface area contributed by atoms with Crippen LogP contribution in [-0.4, -0.2) is 12.3 Å². The quantitative estimate of drug-likeness (QED) is 0.419. The molecule has 2 aromatic rings. The Labute approximate surface area is 142 Å². The zero-order chi connectivity index (χ0) is 18.6. The van der Waals surface area contributed by atoms with Gasteiger partial charge in [0.25, 0.3) is 0 Å². The molecule has 7 heteroatoms. The molecule has 2 rings (SSSR count). The van der Waals surface area contributed by atoms with E-state index in [1.54, 1.807) is 24.3 Å². The van der Waals surface area contributed by atoms with Gasteiger partial charge in [-0.1, -0.05) is 25.1 Å². The van der Waals surface area contributed by atoms with Crippen LogP contribution in [0, 0.1) is 5.82 Å². The molecular weight excluding hydrogens is 340 g/mol. The topological polar surface area (TPSA) is 35.5 Å². The van der Waals surface area contributed by atoms with Crippen molar-refractivity contribution in [3.8, 4) is 5.75 Å². The van der Waals surface area contributed by atoms with Crippen LogP contribution in [-0.2, 0) is 11.2 Å². The molecule has 0 aromatic heterocycles. The highest BCUT2D eigenvalue weighted by Crippen LogP contribution is 2.29. The van der Waals surface area contributed by atoms with Crippen molar-refractivity contribution >= 4 is 5.97 Å². The fourth-order valence-electron chi connectivity index (χ4n) is 2.21. The predicted octanol–water partition coefficient (Wildman–Crippen LogP) is 5.20. The van der Waals surface area contributed by atoms with Crippen LogP contribution in [0.1, 0.15) is 41.4 Å². The first-order chi connectivity index (χ1) is 11.7. The molecule has 0 fully saturated rings. The summed E-state index contributed by atoms with van der Waals surface area (Å²) in [5.74, 6) is -1.49. The van der Waals surface area contributed by atoms with Crippen molar-refractivity contribution in [2.75, 3.05) is 0 Å². The third-order valence-electron chi connectivity index (χ3n) is 3.53. The van der Waals surface area contributed by atoms with E-state index in [0.29, 0.717) is 5.75 Å². The minimum atomic E-state index is -4.88. The highest BCUT2D eigenvalue weighted by molar-refractivity contribution is 5.91. The Kier molecular flexibility index (Phi) is 5.79. The van der Waals surface area contributed by atoms with E-state index >= 15 is 0 Å². The number of rotatable bonds is 5. The Morgan fingerprint density at radius 2 is 1.76 bits per heavy atom. The molecule has 0 saturated carbocycles. The van der Waals surface area contributed by atoms with Gasteiger partial charge in [0, 0.05) is 5.56 Å². The molecule has 0 bridgehead atoms. The second-order valence-electron chi connectivity index (χ2n) is 5.33. The standard InChI is InChI=1S/C18H16F4O3/c1-3-12-4-7-14(8-5-12)24-17(23)13-6-9-15(16(19)10-13)11(2)25-18(20,21)22/h4-11H,3H2,1-2H3. The highest BCUT2D eigenvalue weighted by Gasteiger charge is 2.33. The van der Waals surface area contributed by atoms with Crippen molar-refractivity contribution in [3.05, 3.63) is 65.0 Å². The first kappa shape index (κ1) is 18.9. The summed E-state index contributed by atoms with van der Waals surface area (Å²) in [6.45, 7) is 3.05. The summed E-state index contributed by atoms with van der Waals surface area (Å²) in [4.78, 5) is 12.0. The van der Waals surface area contributed by atoms with E-state index in [1.165, 1.54) is 6.07 Å². The molecule has 134 valence electrons. The Morgan fingerprint density at radius 3 is 2.28 bits per heavy atom. The van der Waals surface area contributed by atoms with Gasteiger partial charge in [-0.2, -0.15) is 0 Å². The predicted molar refractivity (Wildman–Crippen MR) is 82.7 cm³/mol. The molecule has 0 heterocycles. The zero-order valence-electron chi connectivity index (χ0n) is 13.6. The number of esters is 1. The lowest BCUT2D eigenvalue weighted by Gasteiger charge is -2.16. The van der Waals surface area contributed by atoms with Crippen molar-refractivity contribution in [2.45, 2.75) is 32.7 Å². The van der Waals surface area contributed by atoms with E-state index in [1.807, 2.05) is 6.92 Å². The van der Waals surface area contributed by atoms with Crippen LogP contribution >= 0.6 is 0 Å². The Bertz CT molecular complexity index is 739. The summed E-state index contributed by atoms with van der Waals surface area (Å²) in [6, 6.07) is 9.90. The summed E-state index contributed by atoms with van der Waals surface area (Å²) >= 11 is 0. The van der Waals surface area contributed by atoms with E-state index in [9.17, 15) is 22.4 Å². The van der Waals surface area contributed by atoms with Crippen LogP contribution in [0.5, 0.6) is 5.75 Å². The number of benzene rings is 2. The molecule has 0 saturated heterocycles. The molecule has 25 heavy (non-hydrogen) atoms. The lowest BCUT2D eigenvalue weighted by atomic mass is 10.1. The maximum absolute atomic E-state index is 14.0. The zero-order valence-corrected chi connectivity index (χ0v) is 13.6. The maximum atomic E-state index is 14.0.